The fourth-order valence-electron chi connectivity index (χ4n) is 2.07. The molecule has 0 unspecified atom stereocenters. The molecule has 88 valence electrons. The van der Waals surface area contributed by atoms with Crippen molar-refractivity contribution in [1.82, 2.24) is 0 Å². The molecule has 0 spiro atoms. The number of ether oxygens (including phenoxy) is 1. The summed E-state index contributed by atoms with van der Waals surface area (Å²) in [5.74, 6) is 0.200. The molecule has 0 aliphatic heterocycles. The summed E-state index contributed by atoms with van der Waals surface area (Å²) in [6.45, 7) is 2.02. The molecule has 1 aliphatic carbocycles. The minimum Gasteiger partial charge on any atom is -0.378 e. The van der Waals surface area contributed by atoms with E-state index in [9.17, 15) is 4.79 Å². The summed E-state index contributed by atoms with van der Waals surface area (Å²) < 4.78 is 6.40. The molecular formula is C12H15BrO2S. The highest BCUT2D eigenvalue weighted by atomic mass is 79.9. The number of Topliss-reactive ketones (excluding diaryl/α,β-unsaturated/α-hetero) is 1. The minimum absolute atomic E-state index is 0.172. The molecule has 0 bridgehead atoms. The van der Waals surface area contributed by atoms with E-state index < -0.39 is 0 Å². The lowest BCUT2D eigenvalue weighted by Gasteiger charge is -2.39. The highest BCUT2D eigenvalue weighted by Gasteiger charge is 2.39. The molecule has 0 amide bonds. The lowest BCUT2D eigenvalue weighted by Crippen LogP contribution is -2.41. The summed E-state index contributed by atoms with van der Waals surface area (Å²) in [6.07, 6.45) is 3.71. The van der Waals surface area contributed by atoms with Gasteiger partial charge in [-0.2, -0.15) is 0 Å². The Hall–Kier alpha value is -0.190. The van der Waals surface area contributed by atoms with Crippen molar-refractivity contribution in [1.29, 1.82) is 0 Å². The van der Waals surface area contributed by atoms with Gasteiger partial charge < -0.3 is 4.74 Å². The molecule has 2 rings (SSSR count). The molecule has 0 atom stereocenters. The van der Waals surface area contributed by atoms with Crippen LogP contribution in [-0.4, -0.2) is 18.5 Å². The third-order valence-corrected chi connectivity index (χ3v) is 5.22. The van der Waals surface area contributed by atoms with E-state index in [1.165, 1.54) is 6.42 Å². The Morgan fingerprint density at radius 3 is 2.69 bits per heavy atom. The zero-order chi connectivity index (χ0) is 11.8. The first-order valence-electron chi connectivity index (χ1n) is 5.41. The third kappa shape index (κ3) is 2.24. The molecule has 2 nitrogen and oxygen atoms in total. The van der Waals surface area contributed by atoms with Crippen LogP contribution in [0.3, 0.4) is 0 Å². The van der Waals surface area contributed by atoms with Crippen LogP contribution in [0.2, 0.25) is 0 Å². The molecule has 16 heavy (non-hydrogen) atoms. The van der Waals surface area contributed by atoms with Gasteiger partial charge in [0.25, 0.3) is 0 Å². The SMILES string of the molecule is COC1(CC(=O)c2sc(C)cc2Br)CCC1. The molecule has 0 N–H and O–H groups in total. The predicted octanol–water partition coefficient (Wildman–Crippen LogP) is 3.96. The largest absolute Gasteiger partial charge is 0.378 e. The molecule has 1 aromatic heterocycles. The topological polar surface area (TPSA) is 26.3 Å². The van der Waals surface area contributed by atoms with Crippen molar-refractivity contribution in [2.45, 2.75) is 38.2 Å². The minimum atomic E-state index is -0.172. The van der Waals surface area contributed by atoms with Crippen molar-refractivity contribution in [3.05, 3.63) is 20.3 Å². The first-order valence-corrected chi connectivity index (χ1v) is 7.01. The monoisotopic (exact) mass is 302 g/mol. The average Bonchev–Trinajstić information content (AvgIpc) is 2.51. The van der Waals surface area contributed by atoms with Gasteiger partial charge in [-0.25, -0.2) is 0 Å². The number of rotatable bonds is 4. The van der Waals surface area contributed by atoms with Crippen molar-refractivity contribution in [2.24, 2.45) is 0 Å². The van der Waals surface area contributed by atoms with E-state index in [0.29, 0.717) is 6.42 Å². The molecular weight excluding hydrogens is 288 g/mol. The normalized spacial score (nSPS) is 18.2. The molecule has 1 saturated carbocycles. The van der Waals surface area contributed by atoms with Gasteiger partial charge in [0.2, 0.25) is 0 Å². The quantitative estimate of drug-likeness (QED) is 0.787. The van der Waals surface area contributed by atoms with Gasteiger partial charge in [0.15, 0.2) is 5.78 Å². The van der Waals surface area contributed by atoms with Crippen LogP contribution in [0.15, 0.2) is 10.5 Å². The summed E-state index contributed by atoms with van der Waals surface area (Å²) in [6, 6.07) is 2.00. The van der Waals surface area contributed by atoms with E-state index >= 15 is 0 Å². The maximum Gasteiger partial charge on any atom is 0.176 e. The summed E-state index contributed by atoms with van der Waals surface area (Å²) in [5, 5.41) is 0. The summed E-state index contributed by atoms with van der Waals surface area (Å²) in [7, 11) is 1.71. The number of thiophene rings is 1. The van der Waals surface area contributed by atoms with Crippen LogP contribution >= 0.6 is 27.3 Å². The first-order chi connectivity index (χ1) is 7.56. The zero-order valence-electron chi connectivity index (χ0n) is 9.51. The van der Waals surface area contributed by atoms with E-state index in [1.54, 1.807) is 18.4 Å². The second kappa shape index (κ2) is 4.59. The molecule has 4 heteroatoms. The number of aryl methyl sites for hydroxylation is 1. The Kier molecular flexibility index (Phi) is 3.52. The Morgan fingerprint density at radius 1 is 1.62 bits per heavy atom. The Balaban J connectivity index is 2.11. The number of methoxy groups -OCH3 is 1. The third-order valence-electron chi connectivity index (χ3n) is 3.24. The second-order valence-electron chi connectivity index (χ2n) is 4.37. The predicted molar refractivity (Wildman–Crippen MR) is 69.3 cm³/mol. The van der Waals surface area contributed by atoms with Crippen LogP contribution < -0.4 is 0 Å². The molecule has 0 radical (unpaired) electrons. The number of carbonyl (C=O) groups is 1. The second-order valence-corrected chi connectivity index (χ2v) is 6.49. The summed E-state index contributed by atoms with van der Waals surface area (Å²) >= 11 is 4.99. The number of carbonyl (C=O) groups excluding carboxylic acids is 1. The van der Waals surface area contributed by atoms with Gasteiger partial charge >= 0.3 is 0 Å². The van der Waals surface area contributed by atoms with Crippen molar-refractivity contribution in [3.8, 4) is 0 Å². The van der Waals surface area contributed by atoms with Crippen molar-refractivity contribution in [3.63, 3.8) is 0 Å². The zero-order valence-corrected chi connectivity index (χ0v) is 11.9. The average molecular weight is 303 g/mol. The van der Waals surface area contributed by atoms with Crippen molar-refractivity contribution >= 4 is 33.0 Å². The van der Waals surface area contributed by atoms with Crippen LogP contribution in [0.5, 0.6) is 0 Å². The molecule has 0 aromatic carbocycles. The smallest absolute Gasteiger partial charge is 0.176 e. The Morgan fingerprint density at radius 2 is 2.31 bits per heavy atom. The fourth-order valence-corrected chi connectivity index (χ4v) is 3.87. The number of ketones is 1. The summed E-state index contributed by atoms with van der Waals surface area (Å²) in [4.78, 5) is 14.1. The van der Waals surface area contributed by atoms with Crippen LogP contribution in [0.4, 0.5) is 0 Å². The van der Waals surface area contributed by atoms with Gasteiger partial charge in [-0.1, -0.05) is 0 Å². The standard InChI is InChI=1S/C12H15BrO2S/c1-8-6-9(13)11(16-8)10(14)7-12(15-2)4-3-5-12/h6H,3-5,7H2,1-2H3. The van der Waals surface area contributed by atoms with Gasteiger partial charge in [0, 0.05) is 22.9 Å². The van der Waals surface area contributed by atoms with E-state index in [-0.39, 0.29) is 11.4 Å². The van der Waals surface area contributed by atoms with Crippen molar-refractivity contribution in [2.75, 3.05) is 7.11 Å². The number of hydrogen-bond donors (Lipinski definition) is 0. The van der Waals surface area contributed by atoms with Crippen LogP contribution in [-0.2, 0) is 4.74 Å². The van der Waals surface area contributed by atoms with Gasteiger partial charge in [0.05, 0.1) is 10.5 Å². The van der Waals surface area contributed by atoms with Gasteiger partial charge in [-0.3, -0.25) is 4.79 Å². The van der Waals surface area contributed by atoms with E-state index in [0.717, 1.165) is 27.1 Å². The number of halogens is 1. The molecule has 0 saturated heterocycles. The highest BCUT2D eigenvalue weighted by Crippen LogP contribution is 2.40. The first kappa shape index (κ1) is 12.3. The van der Waals surface area contributed by atoms with E-state index in [1.807, 2.05) is 13.0 Å². The molecule has 1 aliphatic rings. The lowest BCUT2D eigenvalue weighted by atomic mass is 9.76. The van der Waals surface area contributed by atoms with E-state index in [2.05, 4.69) is 15.9 Å². The molecule has 1 fully saturated rings. The number of hydrogen-bond acceptors (Lipinski definition) is 3. The highest BCUT2D eigenvalue weighted by molar-refractivity contribution is 9.10. The Bertz CT molecular complexity index is 402. The molecule has 1 heterocycles. The van der Waals surface area contributed by atoms with Gasteiger partial charge in [-0.15, -0.1) is 11.3 Å². The van der Waals surface area contributed by atoms with Gasteiger partial charge in [-0.05, 0) is 48.2 Å². The fraction of sp³-hybridized carbons (Fsp3) is 0.583. The van der Waals surface area contributed by atoms with Crippen molar-refractivity contribution < 1.29 is 9.53 Å². The maximum absolute atomic E-state index is 12.1. The maximum atomic E-state index is 12.1. The Labute approximate surface area is 108 Å². The molecule has 1 aromatic rings. The van der Waals surface area contributed by atoms with Crippen LogP contribution in [0.1, 0.15) is 40.2 Å². The van der Waals surface area contributed by atoms with Gasteiger partial charge in [0.1, 0.15) is 0 Å². The summed E-state index contributed by atoms with van der Waals surface area (Å²) in [5.41, 5.74) is -0.172. The van der Waals surface area contributed by atoms with Crippen LogP contribution in [0.25, 0.3) is 0 Å². The van der Waals surface area contributed by atoms with E-state index in [4.69, 9.17) is 4.74 Å². The van der Waals surface area contributed by atoms with Crippen LogP contribution in [0, 0.1) is 6.92 Å². The lowest BCUT2D eigenvalue weighted by molar-refractivity contribution is -0.0704.